The Morgan fingerprint density at radius 1 is 1.03 bits per heavy atom. The Morgan fingerprint density at radius 2 is 1.69 bits per heavy atom. The monoisotopic (exact) mass is 435 g/mol. The number of halogens is 1. The van der Waals surface area contributed by atoms with Gasteiger partial charge in [0.25, 0.3) is 5.91 Å². The van der Waals surface area contributed by atoms with Crippen LogP contribution in [0.2, 0.25) is 5.02 Å². The van der Waals surface area contributed by atoms with E-state index in [4.69, 9.17) is 11.6 Å². The van der Waals surface area contributed by atoms with E-state index in [-0.39, 0.29) is 49.4 Å². The number of hydrogen-bond acceptors (Lipinski definition) is 4. The van der Waals surface area contributed by atoms with Crippen LogP contribution in [0.15, 0.2) is 53.4 Å². The third-order valence-electron chi connectivity index (χ3n) is 4.74. The Balaban J connectivity index is 1.53. The van der Waals surface area contributed by atoms with Gasteiger partial charge in [-0.05, 0) is 37.3 Å². The molecule has 154 valence electrons. The third kappa shape index (κ3) is 5.14. The number of hydrogen-bond donors (Lipinski definition) is 1. The molecule has 0 saturated carbocycles. The lowest BCUT2D eigenvalue weighted by Gasteiger charge is -2.34. The molecule has 0 bridgehead atoms. The Morgan fingerprint density at radius 3 is 2.31 bits per heavy atom. The summed E-state index contributed by atoms with van der Waals surface area (Å²) in [6, 6.07) is 13.2. The van der Waals surface area contributed by atoms with E-state index >= 15 is 0 Å². The maximum Gasteiger partial charge on any atom is 0.251 e. The van der Waals surface area contributed by atoms with E-state index in [0.717, 1.165) is 5.56 Å². The topological polar surface area (TPSA) is 86.8 Å². The Bertz CT molecular complexity index is 1000. The molecule has 1 saturated heterocycles. The molecule has 2 aromatic carbocycles. The number of nitrogens with zero attached hydrogens (tertiary/aromatic N) is 2. The van der Waals surface area contributed by atoms with Gasteiger partial charge < -0.3 is 10.2 Å². The predicted molar refractivity (Wildman–Crippen MR) is 110 cm³/mol. The van der Waals surface area contributed by atoms with Gasteiger partial charge in [-0.25, -0.2) is 8.42 Å². The molecule has 0 aromatic heterocycles. The van der Waals surface area contributed by atoms with Crippen molar-refractivity contribution in [1.29, 1.82) is 0 Å². The average molecular weight is 436 g/mol. The van der Waals surface area contributed by atoms with Crippen LogP contribution in [-0.4, -0.2) is 62.2 Å². The first kappa shape index (κ1) is 21.3. The molecule has 1 aliphatic heterocycles. The van der Waals surface area contributed by atoms with E-state index in [0.29, 0.717) is 10.6 Å². The Labute approximate surface area is 175 Å². The molecule has 0 aliphatic carbocycles. The summed E-state index contributed by atoms with van der Waals surface area (Å²) in [7, 11) is -3.58. The summed E-state index contributed by atoms with van der Waals surface area (Å²) < 4.78 is 26.8. The van der Waals surface area contributed by atoms with Gasteiger partial charge in [-0.3, -0.25) is 9.59 Å². The van der Waals surface area contributed by atoms with Crippen LogP contribution in [0.4, 0.5) is 0 Å². The molecule has 3 rings (SSSR count). The van der Waals surface area contributed by atoms with Gasteiger partial charge in [-0.2, -0.15) is 4.31 Å². The van der Waals surface area contributed by atoms with Crippen LogP contribution in [0.3, 0.4) is 0 Å². The molecule has 2 aromatic rings. The standard InChI is InChI=1S/C20H22ClN3O4S/c1-15-5-7-18(8-6-15)29(27,28)24-11-9-23(10-12-24)19(25)14-22-20(26)16-3-2-4-17(21)13-16/h2-8,13H,9-12,14H2,1H3,(H,22,26). The summed E-state index contributed by atoms with van der Waals surface area (Å²) in [5, 5.41) is 3.01. The zero-order chi connectivity index (χ0) is 21.0. The van der Waals surface area contributed by atoms with E-state index in [1.54, 1.807) is 47.4 Å². The molecule has 1 N–H and O–H groups in total. The first-order valence-corrected chi connectivity index (χ1v) is 11.0. The van der Waals surface area contributed by atoms with Crippen LogP contribution >= 0.6 is 11.6 Å². The maximum absolute atomic E-state index is 12.7. The molecule has 9 heteroatoms. The molecule has 0 spiro atoms. The van der Waals surface area contributed by atoms with Crippen molar-refractivity contribution in [2.75, 3.05) is 32.7 Å². The molecule has 0 radical (unpaired) electrons. The lowest BCUT2D eigenvalue weighted by Crippen LogP contribution is -2.52. The van der Waals surface area contributed by atoms with E-state index in [9.17, 15) is 18.0 Å². The minimum Gasteiger partial charge on any atom is -0.343 e. The number of nitrogens with one attached hydrogen (secondary N) is 1. The molecule has 0 unspecified atom stereocenters. The molecule has 1 heterocycles. The van der Waals surface area contributed by atoms with Crippen LogP contribution in [0, 0.1) is 6.92 Å². The van der Waals surface area contributed by atoms with Crippen LogP contribution in [-0.2, 0) is 14.8 Å². The molecule has 1 fully saturated rings. The van der Waals surface area contributed by atoms with Crippen molar-refractivity contribution in [2.24, 2.45) is 0 Å². The van der Waals surface area contributed by atoms with E-state index < -0.39 is 10.0 Å². The summed E-state index contributed by atoms with van der Waals surface area (Å²) in [5.41, 5.74) is 1.36. The van der Waals surface area contributed by atoms with Crippen molar-refractivity contribution >= 4 is 33.4 Å². The summed E-state index contributed by atoms with van der Waals surface area (Å²) >= 11 is 5.87. The molecule has 1 aliphatic rings. The summed E-state index contributed by atoms with van der Waals surface area (Å²) in [6.45, 7) is 2.71. The highest BCUT2D eigenvalue weighted by atomic mass is 35.5. The van der Waals surface area contributed by atoms with Gasteiger partial charge in [-0.15, -0.1) is 0 Å². The highest BCUT2D eigenvalue weighted by molar-refractivity contribution is 7.89. The number of benzene rings is 2. The molecule has 7 nitrogen and oxygen atoms in total. The lowest BCUT2D eigenvalue weighted by atomic mass is 10.2. The molecule has 2 amide bonds. The van der Waals surface area contributed by atoms with Crippen molar-refractivity contribution in [2.45, 2.75) is 11.8 Å². The number of carbonyl (C=O) groups excluding carboxylic acids is 2. The second-order valence-corrected chi connectivity index (χ2v) is 9.17. The number of amides is 2. The molecule has 0 atom stereocenters. The minimum absolute atomic E-state index is 0.157. The van der Waals surface area contributed by atoms with Gasteiger partial charge in [0.2, 0.25) is 15.9 Å². The maximum atomic E-state index is 12.7. The van der Waals surface area contributed by atoms with Gasteiger partial charge in [0.1, 0.15) is 0 Å². The second kappa shape index (κ2) is 8.94. The van der Waals surface area contributed by atoms with Crippen molar-refractivity contribution in [3.8, 4) is 0 Å². The Hall–Kier alpha value is -2.42. The lowest BCUT2D eigenvalue weighted by molar-refractivity contribution is -0.131. The van der Waals surface area contributed by atoms with Gasteiger partial charge in [0, 0.05) is 36.8 Å². The van der Waals surface area contributed by atoms with Crippen LogP contribution in [0.1, 0.15) is 15.9 Å². The fourth-order valence-electron chi connectivity index (χ4n) is 3.04. The van der Waals surface area contributed by atoms with Gasteiger partial charge in [0.05, 0.1) is 11.4 Å². The predicted octanol–water partition coefficient (Wildman–Crippen LogP) is 1.91. The highest BCUT2D eigenvalue weighted by Gasteiger charge is 2.30. The van der Waals surface area contributed by atoms with Crippen molar-refractivity contribution in [3.05, 3.63) is 64.7 Å². The van der Waals surface area contributed by atoms with Gasteiger partial charge in [-0.1, -0.05) is 35.4 Å². The summed E-state index contributed by atoms with van der Waals surface area (Å²) in [6.07, 6.45) is 0. The number of aryl methyl sites for hydroxylation is 1. The first-order valence-electron chi connectivity index (χ1n) is 9.16. The van der Waals surface area contributed by atoms with Crippen molar-refractivity contribution in [3.63, 3.8) is 0 Å². The molecular weight excluding hydrogens is 414 g/mol. The van der Waals surface area contributed by atoms with Crippen molar-refractivity contribution < 1.29 is 18.0 Å². The number of piperazine rings is 1. The Kier molecular flexibility index (Phi) is 6.56. The zero-order valence-corrected chi connectivity index (χ0v) is 17.5. The first-order chi connectivity index (χ1) is 13.8. The van der Waals surface area contributed by atoms with E-state index in [2.05, 4.69) is 5.32 Å². The van der Waals surface area contributed by atoms with Crippen LogP contribution in [0.25, 0.3) is 0 Å². The summed E-state index contributed by atoms with van der Waals surface area (Å²) in [4.78, 5) is 26.3. The number of rotatable bonds is 5. The van der Waals surface area contributed by atoms with Gasteiger partial charge >= 0.3 is 0 Å². The average Bonchev–Trinajstić information content (AvgIpc) is 2.72. The van der Waals surface area contributed by atoms with Gasteiger partial charge in [0.15, 0.2) is 0 Å². The second-order valence-electron chi connectivity index (χ2n) is 6.79. The fourth-order valence-corrected chi connectivity index (χ4v) is 4.65. The van der Waals surface area contributed by atoms with Crippen molar-refractivity contribution in [1.82, 2.24) is 14.5 Å². The largest absolute Gasteiger partial charge is 0.343 e. The van der Waals surface area contributed by atoms with Crippen LogP contribution < -0.4 is 5.32 Å². The number of sulfonamides is 1. The van der Waals surface area contributed by atoms with E-state index in [1.807, 2.05) is 6.92 Å². The number of carbonyl (C=O) groups is 2. The fraction of sp³-hybridized carbons (Fsp3) is 0.300. The third-order valence-corrected chi connectivity index (χ3v) is 6.89. The summed E-state index contributed by atoms with van der Waals surface area (Å²) in [5.74, 6) is -0.644. The molecular formula is C20H22ClN3O4S. The molecule has 29 heavy (non-hydrogen) atoms. The van der Waals surface area contributed by atoms with Crippen LogP contribution in [0.5, 0.6) is 0 Å². The minimum atomic E-state index is -3.58. The van der Waals surface area contributed by atoms with E-state index in [1.165, 1.54) is 10.4 Å². The zero-order valence-electron chi connectivity index (χ0n) is 16.0. The smallest absolute Gasteiger partial charge is 0.251 e. The SMILES string of the molecule is Cc1ccc(S(=O)(=O)N2CCN(C(=O)CNC(=O)c3cccc(Cl)c3)CC2)cc1. The quantitative estimate of drug-likeness (QED) is 0.777. The normalized spacial score (nSPS) is 15.2. The highest BCUT2D eigenvalue weighted by Crippen LogP contribution is 2.18.